The maximum absolute atomic E-state index is 12.0. The number of carbonyl (C=O) groups is 1. The summed E-state index contributed by atoms with van der Waals surface area (Å²) in [5.41, 5.74) is 1.54. The molecule has 0 spiro atoms. The Kier molecular flexibility index (Phi) is 7.15. The molecule has 0 bridgehead atoms. The van der Waals surface area contributed by atoms with Crippen LogP contribution in [0.4, 0.5) is 5.00 Å². The fraction of sp³-hybridized carbons (Fsp3) is 0.750. The number of aryl methyl sites for hydroxylation is 1. The quantitative estimate of drug-likeness (QED) is 0.533. The summed E-state index contributed by atoms with van der Waals surface area (Å²) in [6.07, 6.45) is 4.94. The summed E-state index contributed by atoms with van der Waals surface area (Å²) in [4.78, 5) is 12.0. The highest BCUT2D eigenvalue weighted by Crippen LogP contribution is 2.29. The maximum atomic E-state index is 12.0. The number of esters is 1. The minimum Gasteiger partial charge on any atom is -0.462 e. The summed E-state index contributed by atoms with van der Waals surface area (Å²) in [6, 6.07) is 0. The number of aromatic nitrogens is 1. The van der Waals surface area contributed by atoms with Gasteiger partial charge in [0.1, 0.15) is 10.6 Å². The van der Waals surface area contributed by atoms with Crippen molar-refractivity contribution in [2.45, 2.75) is 60.3 Å². The molecule has 1 aromatic rings. The van der Waals surface area contributed by atoms with Crippen LogP contribution in [0, 0.1) is 12.3 Å². The zero-order chi connectivity index (χ0) is 15.9. The SMILES string of the molecule is CCCCCC(C)(C)CNc1snc(C)c1C(=O)OCC. The van der Waals surface area contributed by atoms with E-state index in [9.17, 15) is 4.79 Å². The second-order valence-electron chi connectivity index (χ2n) is 6.17. The summed E-state index contributed by atoms with van der Waals surface area (Å²) in [6.45, 7) is 11.6. The highest BCUT2D eigenvalue weighted by atomic mass is 32.1. The van der Waals surface area contributed by atoms with Crippen molar-refractivity contribution < 1.29 is 9.53 Å². The van der Waals surface area contributed by atoms with E-state index in [-0.39, 0.29) is 11.4 Å². The van der Waals surface area contributed by atoms with Crippen LogP contribution in [0.5, 0.6) is 0 Å². The van der Waals surface area contributed by atoms with Gasteiger partial charge in [-0.25, -0.2) is 4.79 Å². The molecule has 0 unspecified atom stereocenters. The number of hydrogen-bond acceptors (Lipinski definition) is 5. The number of carbonyl (C=O) groups excluding carboxylic acids is 1. The zero-order valence-corrected chi connectivity index (χ0v) is 14.7. The zero-order valence-electron chi connectivity index (χ0n) is 13.9. The van der Waals surface area contributed by atoms with Crippen LogP contribution in [0.15, 0.2) is 0 Å². The van der Waals surface area contributed by atoms with Crippen molar-refractivity contribution in [3.63, 3.8) is 0 Å². The van der Waals surface area contributed by atoms with Gasteiger partial charge in [-0.15, -0.1) is 0 Å². The van der Waals surface area contributed by atoms with Crippen molar-refractivity contribution in [1.29, 1.82) is 0 Å². The molecule has 0 aliphatic heterocycles. The summed E-state index contributed by atoms with van der Waals surface area (Å²) in [5.74, 6) is -0.282. The second-order valence-corrected chi connectivity index (χ2v) is 6.94. The highest BCUT2D eigenvalue weighted by Gasteiger charge is 2.22. The summed E-state index contributed by atoms with van der Waals surface area (Å²) < 4.78 is 9.38. The Labute approximate surface area is 132 Å². The first-order chi connectivity index (χ1) is 9.91. The third-order valence-electron chi connectivity index (χ3n) is 3.53. The second kappa shape index (κ2) is 8.37. The van der Waals surface area contributed by atoms with Crippen LogP contribution in [0.1, 0.15) is 69.4 Å². The van der Waals surface area contributed by atoms with Gasteiger partial charge in [-0.05, 0) is 37.2 Å². The Hall–Kier alpha value is -1.10. The van der Waals surface area contributed by atoms with Crippen LogP contribution in [0.2, 0.25) is 0 Å². The molecule has 1 heterocycles. The fourth-order valence-corrected chi connectivity index (χ4v) is 2.97. The Bertz CT molecular complexity index is 455. The van der Waals surface area contributed by atoms with Gasteiger partial charge in [0, 0.05) is 6.54 Å². The van der Waals surface area contributed by atoms with E-state index in [1.807, 2.05) is 13.8 Å². The van der Waals surface area contributed by atoms with Crippen molar-refractivity contribution in [2.24, 2.45) is 5.41 Å². The summed E-state index contributed by atoms with van der Waals surface area (Å²) in [7, 11) is 0. The Balaban J connectivity index is 2.65. The average Bonchev–Trinajstić information content (AvgIpc) is 2.78. The number of ether oxygens (including phenoxy) is 1. The molecule has 0 atom stereocenters. The Morgan fingerprint density at radius 2 is 2.05 bits per heavy atom. The third-order valence-corrected chi connectivity index (χ3v) is 4.42. The molecule has 0 aliphatic rings. The molecule has 0 amide bonds. The van der Waals surface area contributed by atoms with Gasteiger partial charge in [0.25, 0.3) is 0 Å². The molecule has 1 rings (SSSR count). The third kappa shape index (κ3) is 5.65. The van der Waals surface area contributed by atoms with Crippen LogP contribution >= 0.6 is 11.5 Å². The monoisotopic (exact) mass is 312 g/mol. The van der Waals surface area contributed by atoms with Crippen molar-refractivity contribution in [3.05, 3.63) is 11.3 Å². The van der Waals surface area contributed by atoms with E-state index in [4.69, 9.17) is 4.74 Å². The number of anilines is 1. The lowest BCUT2D eigenvalue weighted by atomic mass is 9.87. The standard InChI is InChI=1S/C16H28N2O2S/c1-6-8-9-10-16(4,5)11-17-14-13(12(3)18-21-14)15(19)20-7-2/h17H,6-11H2,1-5H3. The van der Waals surface area contributed by atoms with E-state index in [0.717, 1.165) is 17.2 Å². The maximum Gasteiger partial charge on any atom is 0.343 e. The molecule has 0 aliphatic carbocycles. The first-order valence-electron chi connectivity index (χ1n) is 7.78. The molecule has 1 N–H and O–H groups in total. The van der Waals surface area contributed by atoms with Gasteiger partial charge in [-0.2, -0.15) is 4.37 Å². The van der Waals surface area contributed by atoms with Crippen LogP contribution < -0.4 is 5.32 Å². The molecule has 1 aromatic heterocycles. The minimum atomic E-state index is -0.282. The van der Waals surface area contributed by atoms with Crippen molar-refractivity contribution in [1.82, 2.24) is 4.37 Å². The minimum absolute atomic E-state index is 0.207. The number of hydrogen-bond donors (Lipinski definition) is 1. The van der Waals surface area contributed by atoms with Gasteiger partial charge in [-0.1, -0.05) is 40.0 Å². The van der Waals surface area contributed by atoms with Crippen LogP contribution in [-0.2, 0) is 4.74 Å². The largest absolute Gasteiger partial charge is 0.462 e. The molecular weight excluding hydrogens is 284 g/mol. The molecule has 0 fully saturated rings. The molecule has 4 nitrogen and oxygen atoms in total. The molecule has 21 heavy (non-hydrogen) atoms. The van der Waals surface area contributed by atoms with E-state index in [0.29, 0.717) is 12.2 Å². The van der Waals surface area contributed by atoms with Gasteiger partial charge in [-0.3, -0.25) is 0 Å². The number of rotatable bonds is 9. The van der Waals surface area contributed by atoms with E-state index < -0.39 is 0 Å². The smallest absolute Gasteiger partial charge is 0.343 e. The fourth-order valence-electron chi connectivity index (χ4n) is 2.20. The lowest BCUT2D eigenvalue weighted by Gasteiger charge is -2.25. The molecule has 0 aromatic carbocycles. The lowest BCUT2D eigenvalue weighted by molar-refractivity contribution is 0.0527. The first kappa shape index (κ1) is 18.0. The molecule has 120 valence electrons. The van der Waals surface area contributed by atoms with E-state index in [1.165, 1.54) is 37.2 Å². The molecular formula is C16H28N2O2S. The molecule has 0 saturated carbocycles. The van der Waals surface area contributed by atoms with E-state index in [2.05, 4.69) is 30.5 Å². The normalized spacial score (nSPS) is 11.5. The molecule has 5 heteroatoms. The molecule has 0 saturated heterocycles. The number of unbranched alkanes of at least 4 members (excludes halogenated alkanes) is 2. The number of nitrogens with zero attached hydrogens (tertiary/aromatic N) is 1. The predicted octanol–water partition coefficient (Wildman–Crippen LogP) is 4.65. The topological polar surface area (TPSA) is 51.2 Å². The Morgan fingerprint density at radius 3 is 2.67 bits per heavy atom. The first-order valence-corrected chi connectivity index (χ1v) is 8.56. The van der Waals surface area contributed by atoms with Crippen LogP contribution in [-0.4, -0.2) is 23.5 Å². The van der Waals surface area contributed by atoms with Crippen molar-refractivity contribution in [2.75, 3.05) is 18.5 Å². The van der Waals surface area contributed by atoms with Crippen molar-refractivity contribution in [3.8, 4) is 0 Å². The van der Waals surface area contributed by atoms with Gasteiger partial charge < -0.3 is 10.1 Å². The highest BCUT2D eigenvalue weighted by molar-refractivity contribution is 7.10. The van der Waals surface area contributed by atoms with Gasteiger partial charge in [0.2, 0.25) is 0 Å². The van der Waals surface area contributed by atoms with Crippen LogP contribution in [0.25, 0.3) is 0 Å². The van der Waals surface area contributed by atoms with Crippen molar-refractivity contribution >= 4 is 22.5 Å². The lowest BCUT2D eigenvalue weighted by Crippen LogP contribution is -2.23. The van der Waals surface area contributed by atoms with E-state index >= 15 is 0 Å². The average molecular weight is 312 g/mol. The van der Waals surface area contributed by atoms with E-state index in [1.54, 1.807) is 0 Å². The predicted molar refractivity (Wildman–Crippen MR) is 89.2 cm³/mol. The van der Waals surface area contributed by atoms with Gasteiger partial charge in [0.05, 0.1) is 12.3 Å². The summed E-state index contributed by atoms with van der Waals surface area (Å²) in [5, 5.41) is 4.22. The van der Waals surface area contributed by atoms with Crippen LogP contribution in [0.3, 0.4) is 0 Å². The summed E-state index contributed by atoms with van der Waals surface area (Å²) >= 11 is 1.34. The van der Waals surface area contributed by atoms with Gasteiger partial charge in [0.15, 0.2) is 0 Å². The number of nitrogens with one attached hydrogen (secondary N) is 1. The Morgan fingerprint density at radius 1 is 1.33 bits per heavy atom. The molecule has 0 radical (unpaired) electrons. The van der Waals surface area contributed by atoms with Gasteiger partial charge >= 0.3 is 5.97 Å².